The molecule has 0 atom stereocenters. The molecule has 2 rings (SSSR count). The largest absolute Gasteiger partial charge is 0.508 e. The van der Waals surface area contributed by atoms with Crippen LogP contribution in [0.15, 0.2) is 24.3 Å². The highest BCUT2D eigenvalue weighted by atomic mass is 32.2. The average Bonchev–Trinajstić information content (AvgIpc) is 2.41. The van der Waals surface area contributed by atoms with Crippen LogP contribution in [0.1, 0.15) is 44.6 Å². The highest BCUT2D eigenvalue weighted by Crippen LogP contribution is 2.53. The SMILES string of the molecule is CCCCCC1(c2ccc(O)cc2)SCCCS1. The van der Waals surface area contributed by atoms with Crippen LogP contribution in [0.4, 0.5) is 0 Å². The van der Waals surface area contributed by atoms with Crippen molar-refractivity contribution in [2.45, 2.75) is 43.1 Å². The molecule has 0 amide bonds. The van der Waals surface area contributed by atoms with E-state index in [1.807, 2.05) is 12.1 Å². The molecule has 1 heterocycles. The van der Waals surface area contributed by atoms with Crippen molar-refractivity contribution in [3.63, 3.8) is 0 Å². The lowest BCUT2D eigenvalue weighted by Gasteiger charge is -2.36. The quantitative estimate of drug-likeness (QED) is 0.768. The fraction of sp³-hybridized carbons (Fsp3) is 0.600. The first kappa shape index (κ1) is 14.1. The molecule has 1 aromatic carbocycles. The minimum Gasteiger partial charge on any atom is -0.508 e. The summed E-state index contributed by atoms with van der Waals surface area (Å²) in [6.45, 7) is 2.26. The van der Waals surface area contributed by atoms with Crippen LogP contribution in [-0.4, -0.2) is 16.6 Å². The van der Waals surface area contributed by atoms with Gasteiger partial charge < -0.3 is 5.11 Å². The Labute approximate surface area is 119 Å². The van der Waals surface area contributed by atoms with Crippen LogP contribution in [0.5, 0.6) is 5.75 Å². The highest BCUT2D eigenvalue weighted by molar-refractivity contribution is 8.18. The van der Waals surface area contributed by atoms with Gasteiger partial charge in [0.25, 0.3) is 0 Å². The third-order valence-electron chi connectivity index (χ3n) is 3.38. The van der Waals surface area contributed by atoms with E-state index in [1.165, 1.54) is 49.2 Å². The van der Waals surface area contributed by atoms with Crippen LogP contribution in [0.3, 0.4) is 0 Å². The van der Waals surface area contributed by atoms with Crippen molar-refractivity contribution in [3.05, 3.63) is 29.8 Å². The lowest BCUT2D eigenvalue weighted by atomic mass is 10.0. The Morgan fingerprint density at radius 3 is 2.39 bits per heavy atom. The second-order valence-corrected chi connectivity index (χ2v) is 7.85. The van der Waals surface area contributed by atoms with Crippen molar-refractivity contribution in [3.8, 4) is 5.75 Å². The van der Waals surface area contributed by atoms with Gasteiger partial charge in [-0.3, -0.25) is 0 Å². The van der Waals surface area contributed by atoms with Crippen molar-refractivity contribution in [1.82, 2.24) is 0 Å². The standard InChI is InChI=1S/C15H22OS2/c1-2-3-4-10-15(17-11-5-12-18-15)13-6-8-14(16)9-7-13/h6-9,16H,2-5,10-12H2,1H3. The van der Waals surface area contributed by atoms with Gasteiger partial charge >= 0.3 is 0 Å². The van der Waals surface area contributed by atoms with E-state index in [4.69, 9.17) is 0 Å². The predicted molar refractivity (Wildman–Crippen MR) is 83.5 cm³/mol. The second kappa shape index (κ2) is 6.76. The van der Waals surface area contributed by atoms with Crippen LogP contribution >= 0.6 is 23.5 Å². The second-order valence-electron chi connectivity index (χ2n) is 4.81. The molecule has 0 radical (unpaired) electrons. The molecule has 1 saturated heterocycles. The normalized spacial score (nSPS) is 18.7. The van der Waals surface area contributed by atoms with Gasteiger partial charge in [-0.05, 0) is 42.0 Å². The monoisotopic (exact) mass is 282 g/mol. The molecule has 3 heteroatoms. The lowest BCUT2D eigenvalue weighted by Crippen LogP contribution is -2.22. The molecule has 1 N–H and O–H groups in total. The molecule has 0 spiro atoms. The number of aromatic hydroxyl groups is 1. The zero-order valence-electron chi connectivity index (χ0n) is 11.0. The third-order valence-corrected chi connectivity index (χ3v) is 6.88. The van der Waals surface area contributed by atoms with Gasteiger partial charge in [0.05, 0.1) is 4.08 Å². The first-order chi connectivity index (χ1) is 8.77. The number of thioether (sulfide) groups is 2. The molecule has 1 nitrogen and oxygen atoms in total. The van der Waals surface area contributed by atoms with Crippen LogP contribution in [-0.2, 0) is 4.08 Å². The van der Waals surface area contributed by atoms with Gasteiger partial charge in [0.2, 0.25) is 0 Å². The molecule has 1 aromatic rings. The summed E-state index contributed by atoms with van der Waals surface area (Å²) in [5.74, 6) is 2.90. The van der Waals surface area contributed by atoms with Gasteiger partial charge in [-0.15, -0.1) is 23.5 Å². The zero-order valence-corrected chi connectivity index (χ0v) is 12.7. The number of hydrogen-bond donors (Lipinski definition) is 1. The van der Waals surface area contributed by atoms with E-state index < -0.39 is 0 Å². The van der Waals surface area contributed by atoms with Crippen LogP contribution in [0.25, 0.3) is 0 Å². The van der Waals surface area contributed by atoms with E-state index in [9.17, 15) is 5.11 Å². The van der Waals surface area contributed by atoms with Crippen molar-refractivity contribution < 1.29 is 5.11 Å². The van der Waals surface area contributed by atoms with Crippen molar-refractivity contribution in [1.29, 1.82) is 0 Å². The Kier molecular flexibility index (Phi) is 5.31. The molecule has 100 valence electrons. The Bertz CT molecular complexity index is 355. The molecule has 0 bridgehead atoms. The van der Waals surface area contributed by atoms with Gasteiger partial charge in [-0.25, -0.2) is 0 Å². The minimum absolute atomic E-state index is 0.237. The van der Waals surface area contributed by atoms with E-state index in [0.717, 1.165) is 0 Å². The molecule has 1 aliphatic rings. The number of benzene rings is 1. The molecule has 18 heavy (non-hydrogen) atoms. The van der Waals surface area contributed by atoms with E-state index in [1.54, 1.807) is 0 Å². The summed E-state index contributed by atoms with van der Waals surface area (Å²) in [6.07, 6.45) is 6.48. The molecular formula is C15H22OS2. The number of hydrogen-bond acceptors (Lipinski definition) is 3. The maximum atomic E-state index is 9.44. The smallest absolute Gasteiger partial charge is 0.115 e. The van der Waals surface area contributed by atoms with Gasteiger partial charge in [0.1, 0.15) is 5.75 Å². The molecule has 1 aliphatic heterocycles. The Balaban J connectivity index is 2.15. The Hall–Kier alpha value is -0.280. The minimum atomic E-state index is 0.237. The fourth-order valence-corrected chi connectivity index (χ4v) is 5.79. The number of phenolic OH excluding ortho intramolecular Hbond substituents is 1. The number of phenols is 1. The van der Waals surface area contributed by atoms with E-state index in [2.05, 4.69) is 42.6 Å². The molecule has 0 saturated carbocycles. The summed E-state index contributed by atoms with van der Waals surface area (Å²) in [7, 11) is 0. The summed E-state index contributed by atoms with van der Waals surface area (Å²) in [5, 5.41) is 9.44. The summed E-state index contributed by atoms with van der Waals surface area (Å²) in [5.41, 5.74) is 1.38. The van der Waals surface area contributed by atoms with E-state index in [0.29, 0.717) is 5.75 Å². The van der Waals surface area contributed by atoms with Crippen molar-refractivity contribution in [2.24, 2.45) is 0 Å². The van der Waals surface area contributed by atoms with Crippen LogP contribution < -0.4 is 0 Å². The first-order valence-electron chi connectivity index (χ1n) is 6.84. The summed E-state index contributed by atoms with van der Waals surface area (Å²) in [4.78, 5) is 0. The molecule has 1 fully saturated rings. The highest BCUT2D eigenvalue weighted by Gasteiger charge is 2.34. The molecule has 0 unspecified atom stereocenters. The van der Waals surface area contributed by atoms with Crippen LogP contribution in [0, 0.1) is 0 Å². The Morgan fingerprint density at radius 2 is 1.78 bits per heavy atom. The van der Waals surface area contributed by atoms with Crippen molar-refractivity contribution in [2.75, 3.05) is 11.5 Å². The van der Waals surface area contributed by atoms with Crippen molar-refractivity contribution >= 4 is 23.5 Å². The summed E-state index contributed by atoms with van der Waals surface area (Å²) in [6, 6.07) is 7.86. The lowest BCUT2D eigenvalue weighted by molar-refractivity contribution is 0.475. The van der Waals surface area contributed by atoms with Gasteiger partial charge in [0.15, 0.2) is 0 Å². The van der Waals surface area contributed by atoms with Gasteiger partial charge in [-0.2, -0.15) is 0 Å². The maximum absolute atomic E-state index is 9.44. The zero-order chi connectivity index (χ0) is 12.8. The Morgan fingerprint density at radius 1 is 1.11 bits per heavy atom. The molecule has 0 aliphatic carbocycles. The fourth-order valence-electron chi connectivity index (χ4n) is 2.35. The van der Waals surface area contributed by atoms with E-state index in [-0.39, 0.29) is 4.08 Å². The maximum Gasteiger partial charge on any atom is 0.115 e. The molecular weight excluding hydrogens is 260 g/mol. The van der Waals surface area contributed by atoms with Gasteiger partial charge in [0, 0.05) is 0 Å². The predicted octanol–water partition coefficient (Wildman–Crippen LogP) is 5.00. The average molecular weight is 282 g/mol. The number of unbranched alkanes of at least 4 members (excludes halogenated alkanes) is 2. The van der Waals surface area contributed by atoms with Gasteiger partial charge in [-0.1, -0.05) is 38.3 Å². The topological polar surface area (TPSA) is 20.2 Å². The third kappa shape index (κ3) is 3.39. The number of rotatable bonds is 5. The summed E-state index contributed by atoms with van der Waals surface area (Å²) < 4.78 is 0.237. The first-order valence-corrected chi connectivity index (χ1v) is 8.81. The molecule has 0 aromatic heterocycles. The van der Waals surface area contributed by atoms with Crippen LogP contribution in [0.2, 0.25) is 0 Å². The van der Waals surface area contributed by atoms with E-state index >= 15 is 0 Å². The summed E-state index contributed by atoms with van der Waals surface area (Å²) >= 11 is 4.20.